The van der Waals surface area contributed by atoms with Gasteiger partial charge < -0.3 is 15.3 Å². The first-order valence-corrected chi connectivity index (χ1v) is 5.76. The van der Waals surface area contributed by atoms with Gasteiger partial charge in [-0.3, -0.25) is 0 Å². The molecule has 56 valence electrons. The molecule has 4 N–H and O–H groups in total. The molecule has 4 heteroatoms. The van der Waals surface area contributed by atoms with Crippen molar-refractivity contribution < 1.29 is 9.59 Å². The van der Waals surface area contributed by atoms with Crippen LogP contribution in [-0.4, -0.2) is 24.2 Å². The third-order valence-corrected chi connectivity index (χ3v) is 2.47. The molecule has 0 aromatic carbocycles. The minimum Gasteiger partial charge on any atom is -0.411 e. The average Bonchev–Trinajstić information content (AvgIpc) is 1.62. The maximum atomic E-state index is 8.93. The summed E-state index contributed by atoms with van der Waals surface area (Å²) in [5, 5.41) is 0. The van der Waals surface area contributed by atoms with Crippen molar-refractivity contribution in [2.24, 2.45) is 5.73 Å². The Labute approximate surface area is 56.8 Å². The second-order valence-corrected chi connectivity index (χ2v) is 5.43. The van der Waals surface area contributed by atoms with Gasteiger partial charge in [0.25, 0.3) is 0 Å². The normalized spacial score (nSPS) is 15.7. The van der Waals surface area contributed by atoms with E-state index in [-0.39, 0.29) is 6.04 Å². The SMILES string of the molecule is CCC(N)C[Si](C)(O)O. The van der Waals surface area contributed by atoms with E-state index in [2.05, 4.69) is 0 Å². The van der Waals surface area contributed by atoms with E-state index in [0.717, 1.165) is 6.42 Å². The zero-order chi connectivity index (χ0) is 7.49. The Balaban J connectivity index is 3.47. The summed E-state index contributed by atoms with van der Waals surface area (Å²) in [6, 6.07) is 0.334. The Morgan fingerprint density at radius 3 is 2.11 bits per heavy atom. The van der Waals surface area contributed by atoms with Crippen molar-refractivity contribution in [1.82, 2.24) is 0 Å². The van der Waals surface area contributed by atoms with Crippen molar-refractivity contribution in [3.8, 4) is 0 Å². The predicted molar refractivity (Wildman–Crippen MR) is 39.1 cm³/mol. The fraction of sp³-hybridized carbons (Fsp3) is 1.00. The first-order valence-electron chi connectivity index (χ1n) is 3.16. The first-order chi connectivity index (χ1) is 3.95. The number of hydrogen-bond donors (Lipinski definition) is 3. The summed E-state index contributed by atoms with van der Waals surface area (Å²) in [6.45, 7) is 3.41. The molecule has 0 aromatic rings. The molecule has 0 aliphatic heterocycles. The molecule has 0 aliphatic carbocycles. The highest BCUT2D eigenvalue weighted by molar-refractivity contribution is 6.63. The number of rotatable bonds is 3. The standard InChI is InChI=1S/C5H15NO2Si/c1-3-5(6)4-9(2,7)8/h5,7-8H,3-4,6H2,1-2H3. The fourth-order valence-electron chi connectivity index (χ4n) is 0.641. The van der Waals surface area contributed by atoms with Crippen molar-refractivity contribution in [3.05, 3.63) is 0 Å². The molecule has 0 saturated heterocycles. The zero-order valence-corrected chi connectivity index (χ0v) is 6.96. The first kappa shape index (κ1) is 9.10. The van der Waals surface area contributed by atoms with Gasteiger partial charge in [0.05, 0.1) is 0 Å². The number of nitrogens with two attached hydrogens (primary N) is 1. The zero-order valence-electron chi connectivity index (χ0n) is 5.96. The summed E-state index contributed by atoms with van der Waals surface area (Å²) in [5.74, 6) is 0. The summed E-state index contributed by atoms with van der Waals surface area (Å²) in [5.41, 5.74) is 5.47. The van der Waals surface area contributed by atoms with Crippen LogP contribution in [0.4, 0.5) is 0 Å². The molecule has 0 heterocycles. The van der Waals surface area contributed by atoms with Gasteiger partial charge in [-0.25, -0.2) is 0 Å². The van der Waals surface area contributed by atoms with Crippen molar-refractivity contribution in [2.45, 2.75) is 32.0 Å². The van der Waals surface area contributed by atoms with Gasteiger partial charge in [0, 0.05) is 12.1 Å². The quantitative estimate of drug-likeness (QED) is 0.486. The van der Waals surface area contributed by atoms with E-state index >= 15 is 0 Å². The fourth-order valence-corrected chi connectivity index (χ4v) is 1.92. The predicted octanol–water partition coefficient (Wildman–Crippen LogP) is -0.220. The third kappa shape index (κ3) is 5.98. The average molecular weight is 149 g/mol. The lowest BCUT2D eigenvalue weighted by Crippen LogP contribution is -2.37. The molecule has 0 bridgehead atoms. The molecule has 0 saturated carbocycles. The Morgan fingerprint density at radius 2 is 2.00 bits per heavy atom. The van der Waals surface area contributed by atoms with E-state index in [0.29, 0.717) is 6.04 Å². The Hall–Kier alpha value is 0.0969. The van der Waals surface area contributed by atoms with Crippen molar-refractivity contribution >= 4 is 8.56 Å². The van der Waals surface area contributed by atoms with Crippen LogP contribution in [0.3, 0.4) is 0 Å². The van der Waals surface area contributed by atoms with Crippen LogP contribution in [0.15, 0.2) is 0 Å². The molecule has 1 atom stereocenters. The highest BCUT2D eigenvalue weighted by Crippen LogP contribution is 2.05. The molecule has 0 spiro atoms. The van der Waals surface area contributed by atoms with E-state index < -0.39 is 8.56 Å². The molecule has 0 radical (unpaired) electrons. The van der Waals surface area contributed by atoms with E-state index in [1.165, 1.54) is 6.55 Å². The Kier molecular flexibility index (Phi) is 3.35. The van der Waals surface area contributed by atoms with Crippen LogP contribution in [-0.2, 0) is 0 Å². The lowest BCUT2D eigenvalue weighted by molar-refractivity contribution is 0.362. The van der Waals surface area contributed by atoms with Gasteiger partial charge in [0.1, 0.15) is 0 Å². The summed E-state index contributed by atoms with van der Waals surface area (Å²) in [4.78, 5) is 17.9. The van der Waals surface area contributed by atoms with Crippen LogP contribution in [0.5, 0.6) is 0 Å². The molecule has 1 unspecified atom stereocenters. The van der Waals surface area contributed by atoms with Crippen molar-refractivity contribution in [1.29, 1.82) is 0 Å². The molecule has 0 aliphatic rings. The van der Waals surface area contributed by atoms with Crippen LogP contribution < -0.4 is 5.73 Å². The molecule has 0 fully saturated rings. The van der Waals surface area contributed by atoms with Gasteiger partial charge in [-0.05, 0) is 13.0 Å². The number of hydrogen-bond acceptors (Lipinski definition) is 3. The second-order valence-electron chi connectivity index (χ2n) is 2.59. The molecular formula is C5H15NO2Si. The van der Waals surface area contributed by atoms with Crippen LogP contribution in [0, 0.1) is 0 Å². The monoisotopic (exact) mass is 149 g/mol. The van der Waals surface area contributed by atoms with Crippen LogP contribution in [0.25, 0.3) is 0 Å². The molecule has 3 nitrogen and oxygen atoms in total. The van der Waals surface area contributed by atoms with Gasteiger partial charge >= 0.3 is 8.56 Å². The van der Waals surface area contributed by atoms with E-state index in [1.807, 2.05) is 6.92 Å². The molecule has 0 aromatic heterocycles. The van der Waals surface area contributed by atoms with Gasteiger partial charge in [0.15, 0.2) is 0 Å². The summed E-state index contributed by atoms with van der Waals surface area (Å²) in [7, 11) is -2.87. The smallest absolute Gasteiger partial charge is 0.331 e. The van der Waals surface area contributed by atoms with Crippen LogP contribution >= 0.6 is 0 Å². The van der Waals surface area contributed by atoms with Crippen molar-refractivity contribution in [3.63, 3.8) is 0 Å². The molecule has 0 amide bonds. The Bertz CT molecular complexity index is 81.5. The van der Waals surface area contributed by atoms with Crippen LogP contribution in [0.2, 0.25) is 12.6 Å². The lowest BCUT2D eigenvalue weighted by Gasteiger charge is -2.15. The van der Waals surface area contributed by atoms with Gasteiger partial charge in [0.2, 0.25) is 0 Å². The topological polar surface area (TPSA) is 66.5 Å². The largest absolute Gasteiger partial charge is 0.411 e. The van der Waals surface area contributed by atoms with Gasteiger partial charge in [-0.2, -0.15) is 0 Å². The molecule has 9 heavy (non-hydrogen) atoms. The van der Waals surface area contributed by atoms with Crippen LogP contribution in [0.1, 0.15) is 13.3 Å². The highest BCUT2D eigenvalue weighted by atomic mass is 28.4. The summed E-state index contributed by atoms with van der Waals surface area (Å²) < 4.78 is 0. The summed E-state index contributed by atoms with van der Waals surface area (Å²) >= 11 is 0. The van der Waals surface area contributed by atoms with Gasteiger partial charge in [-0.15, -0.1) is 0 Å². The minimum absolute atomic E-state index is 0.0448. The second kappa shape index (κ2) is 3.31. The Morgan fingerprint density at radius 1 is 1.56 bits per heavy atom. The maximum absolute atomic E-state index is 8.93. The van der Waals surface area contributed by atoms with E-state index in [9.17, 15) is 0 Å². The minimum atomic E-state index is -2.87. The maximum Gasteiger partial charge on any atom is 0.331 e. The van der Waals surface area contributed by atoms with E-state index in [4.69, 9.17) is 15.3 Å². The third-order valence-electron chi connectivity index (χ3n) is 1.17. The molecule has 0 rings (SSSR count). The lowest BCUT2D eigenvalue weighted by atomic mass is 10.3. The molecular weight excluding hydrogens is 134 g/mol. The highest BCUT2D eigenvalue weighted by Gasteiger charge is 2.23. The summed E-state index contributed by atoms with van der Waals surface area (Å²) in [6.07, 6.45) is 0.809. The van der Waals surface area contributed by atoms with Crippen molar-refractivity contribution in [2.75, 3.05) is 0 Å². The van der Waals surface area contributed by atoms with E-state index in [1.54, 1.807) is 0 Å². The van der Waals surface area contributed by atoms with Gasteiger partial charge in [-0.1, -0.05) is 6.92 Å².